The van der Waals surface area contributed by atoms with Crippen LogP contribution in [0.1, 0.15) is 45.2 Å². The van der Waals surface area contributed by atoms with Crippen molar-refractivity contribution in [3.63, 3.8) is 0 Å². The summed E-state index contributed by atoms with van der Waals surface area (Å²) in [4.78, 5) is 28.6. The van der Waals surface area contributed by atoms with Gasteiger partial charge >= 0.3 is 6.18 Å². The van der Waals surface area contributed by atoms with Crippen LogP contribution in [-0.2, 0) is 30.5 Å². The molecule has 174 valence electrons. The fourth-order valence-electron chi connectivity index (χ4n) is 3.69. The van der Waals surface area contributed by atoms with Crippen LogP contribution in [0.3, 0.4) is 0 Å². The third kappa shape index (κ3) is 5.51. The number of nitrogens with zero attached hydrogens (tertiary/aromatic N) is 1. The predicted molar refractivity (Wildman–Crippen MR) is 123 cm³/mol. The maximum atomic E-state index is 12.9. The maximum absolute atomic E-state index is 12.9. The van der Waals surface area contributed by atoms with E-state index < -0.39 is 11.7 Å². The average molecular weight is 465 g/mol. The molecule has 1 aliphatic carbocycles. The molecule has 1 heterocycles. The number of hydrogen-bond acceptors (Lipinski definition) is 4. The second-order valence-corrected chi connectivity index (χ2v) is 8.10. The highest BCUT2D eigenvalue weighted by Gasteiger charge is 2.30. The Labute approximate surface area is 194 Å². The Morgan fingerprint density at radius 2 is 1.74 bits per heavy atom. The van der Waals surface area contributed by atoms with E-state index in [1.54, 1.807) is 31.3 Å². The Morgan fingerprint density at radius 1 is 1.00 bits per heavy atom. The molecule has 1 aliphatic rings. The van der Waals surface area contributed by atoms with Gasteiger partial charge in [0.2, 0.25) is 0 Å². The second kappa shape index (κ2) is 9.51. The molecule has 8 heteroatoms. The number of amides is 1. The number of pyridine rings is 1. The van der Waals surface area contributed by atoms with Gasteiger partial charge < -0.3 is 10.6 Å². The summed E-state index contributed by atoms with van der Waals surface area (Å²) in [5.74, 6) is -0.337. The Kier molecular flexibility index (Phi) is 6.49. The van der Waals surface area contributed by atoms with Gasteiger partial charge in [0.05, 0.1) is 23.1 Å². The minimum absolute atomic E-state index is 0.0121. The quantitative estimate of drug-likeness (QED) is 0.505. The number of fused-ring (bicyclic) bond motifs is 1. The van der Waals surface area contributed by atoms with Crippen molar-refractivity contribution in [2.45, 2.75) is 32.6 Å². The maximum Gasteiger partial charge on any atom is 0.416 e. The van der Waals surface area contributed by atoms with E-state index in [1.807, 2.05) is 18.2 Å². The molecule has 0 atom stereocenters. The Bertz CT molecular complexity index is 1280. The van der Waals surface area contributed by atoms with Crippen LogP contribution in [0, 0.1) is 0 Å². The van der Waals surface area contributed by atoms with Crippen molar-refractivity contribution >= 4 is 23.5 Å². The lowest BCUT2D eigenvalue weighted by Crippen LogP contribution is -2.23. The summed E-state index contributed by atoms with van der Waals surface area (Å²) < 4.78 is 38.6. The molecule has 0 spiro atoms. The molecular weight excluding hydrogens is 443 g/mol. The van der Waals surface area contributed by atoms with Gasteiger partial charge in [-0.25, -0.2) is 0 Å². The molecule has 0 unspecified atom stereocenters. The number of carbonyl (C=O) groups is 2. The van der Waals surface area contributed by atoms with Crippen molar-refractivity contribution in [2.75, 3.05) is 5.32 Å². The van der Waals surface area contributed by atoms with Crippen LogP contribution in [0.5, 0.6) is 0 Å². The molecule has 3 aromatic rings. The zero-order valence-corrected chi connectivity index (χ0v) is 18.4. The van der Waals surface area contributed by atoms with Gasteiger partial charge in [0.1, 0.15) is 0 Å². The molecule has 0 radical (unpaired) electrons. The minimum atomic E-state index is -4.43. The molecule has 2 N–H and O–H groups in total. The number of Topliss-reactive ketones (excluding diaryl/α,β-unsaturated/α-hetero) is 1. The van der Waals surface area contributed by atoms with E-state index in [1.165, 1.54) is 12.1 Å². The number of anilines is 1. The lowest BCUT2D eigenvalue weighted by Gasteiger charge is -2.11. The van der Waals surface area contributed by atoms with Crippen molar-refractivity contribution in [2.24, 2.45) is 0 Å². The van der Waals surface area contributed by atoms with E-state index in [-0.39, 0.29) is 18.2 Å². The molecule has 4 rings (SSSR count). The Hall–Kier alpha value is -3.94. The highest BCUT2D eigenvalue weighted by atomic mass is 19.4. The zero-order valence-electron chi connectivity index (χ0n) is 18.4. The number of rotatable bonds is 7. The lowest BCUT2D eigenvalue weighted by atomic mass is 10.1. The molecule has 0 saturated heterocycles. The average Bonchev–Trinajstić information content (AvgIpc) is 3.25. The van der Waals surface area contributed by atoms with E-state index in [9.17, 15) is 22.8 Å². The molecule has 0 saturated carbocycles. The van der Waals surface area contributed by atoms with E-state index in [0.717, 1.165) is 40.2 Å². The minimum Gasteiger partial charge on any atom is -0.380 e. The molecule has 2 aromatic carbocycles. The Balaban J connectivity index is 1.37. The van der Waals surface area contributed by atoms with Crippen LogP contribution in [0.25, 0.3) is 6.08 Å². The molecule has 34 heavy (non-hydrogen) atoms. The van der Waals surface area contributed by atoms with Crippen molar-refractivity contribution in [1.29, 1.82) is 0 Å². The summed E-state index contributed by atoms with van der Waals surface area (Å²) >= 11 is 0. The summed E-state index contributed by atoms with van der Waals surface area (Å²) in [5, 5.41) is 5.93. The first-order chi connectivity index (χ1) is 16.2. The summed E-state index contributed by atoms with van der Waals surface area (Å²) in [7, 11) is 0. The van der Waals surface area contributed by atoms with Gasteiger partial charge in [-0.1, -0.05) is 24.3 Å². The monoisotopic (exact) mass is 465 g/mol. The number of aromatic nitrogens is 1. The number of benzene rings is 2. The first-order valence-electron chi connectivity index (χ1n) is 10.7. The van der Waals surface area contributed by atoms with Crippen LogP contribution in [0.2, 0.25) is 0 Å². The van der Waals surface area contributed by atoms with Gasteiger partial charge in [0.15, 0.2) is 5.78 Å². The molecule has 0 fully saturated rings. The topological polar surface area (TPSA) is 71.1 Å². The number of allylic oxidation sites excluding steroid dienone is 1. The van der Waals surface area contributed by atoms with E-state index >= 15 is 0 Å². The van der Waals surface area contributed by atoms with Gasteiger partial charge in [-0.05, 0) is 60.0 Å². The number of carbonyl (C=O) groups excluding carboxylic acids is 2. The van der Waals surface area contributed by atoms with Gasteiger partial charge in [-0.15, -0.1) is 0 Å². The number of hydrogen-bond donors (Lipinski definition) is 2. The number of nitrogens with one attached hydrogen (secondary N) is 2. The normalized spacial score (nSPS) is 12.6. The summed E-state index contributed by atoms with van der Waals surface area (Å²) in [5.41, 5.74) is 4.20. The van der Waals surface area contributed by atoms with Crippen LogP contribution < -0.4 is 10.6 Å². The smallest absolute Gasteiger partial charge is 0.380 e. The van der Waals surface area contributed by atoms with Gasteiger partial charge in [0.25, 0.3) is 5.91 Å². The fraction of sp³-hybridized carbons (Fsp3) is 0.192. The number of alkyl halides is 3. The van der Waals surface area contributed by atoms with Gasteiger partial charge in [0, 0.05) is 30.6 Å². The van der Waals surface area contributed by atoms with E-state index in [2.05, 4.69) is 15.6 Å². The highest BCUT2D eigenvalue weighted by molar-refractivity contribution is 6.00. The molecule has 1 amide bonds. The Morgan fingerprint density at radius 3 is 2.47 bits per heavy atom. The molecule has 1 aromatic heterocycles. The molecule has 5 nitrogen and oxygen atoms in total. The van der Waals surface area contributed by atoms with Crippen LogP contribution >= 0.6 is 0 Å². The second-order valence-electron chi connectivity index (χ2n) is 8.10. The zero-order chi connectivity index (χ0) is 24.3. The van der Waals surface area contributed by atoms with Crippen molar-refractivity contribution in [3.8, 4) is 0 Å². The van der Waals surface area contributed by atoms with Gasteiger partial charge in [-0.2, -0.15) is 13.2 Å². The van der Waals surface area contributed by atoms with Crippen LogP contribution in [-0.4, -0.2) is 16.7 Å². The highest BCUT2D eigenvalue weighted by Crippen LogP contribution is 2.29. The van der Waals surface area contributed by atoms with Gasteiger partial charge in [-0.3, -0.25) is 14.6 Å². The third-order valence-corrected chi connectivity index (χ3v) is 5.54. The van der Waals surface area contributed by atoms with E-state index in [4.69, 9.17) is 0 Å². The van der Waals surface area contributed by atoms with Crippen molar-refractivity contribution < 1.29 is 22.8 Å². The lowest BCUT2D eigenvalue weighted by molar-refractivity contribution is -0.137. The summed E-state index contributed by atoms with van der Waals surface area (Å²) in [6, 6.07) is 13.8. The van der Waals surface area contributed by atoms with Crippen molar-refractivity contribution in [3.05, 3.63) is 99.9 Å². The van der Waals surface area contributed by atoms with Crippen LogP contribution in [0.4, 0.5) is 18.9 Å². The summed E-state index contributed by atoms with van der Waals surface area (Å²) in [6.45, 7) is 1.97. The number of halogens is 3. The SMILES string of the molecule is CC(=O)C1=Cc2cc(NCc3cccc(C(=O)NCc4cccc(C(F)(F)F)c4)c3)cnc2C1. The number of ketones is 1. The molecule has 0 aliphatic heterocycles. The fourth-order valence-corrected chi connectivity index (χ4v) is 3.69. The molecular formula is C26H22F3N3O2. The van der Waals surface area contributed by atoms with Crippen LogP contribution in [0.15, 0.2) is 66.4 Å². The van der Waals surface area contributed by atoms with E-state index in [0.29, 0.717) is 24.1 Å². The standard InChI is InChI=1S/C26H22F3N3O2/c1-16(33)20-10-21-11-23(15-31-24(21)12-20)30-13-17-4-2-6-19(8-17)25(34)32-14-18-5-3-7-22(9-18)26(27,28)29/h2-11,15,30H,12-14H2,1H3,(H,32,34). The van der Waals surface area contributed by atoms with Crippen molar-refractivity contribution in [1.82, 2.24) is 10.3 Å². The predicted octanol–water partition coefficient (Wildman–Crippen LogP) is 5.17. The first-order valence-corrected chi connectivity index (χ1v) is 10.7. The first kappa shape index (κ1) is 23.2. The third-order valence-electron chi connectivity index (χ3n) is 5.54. The summed E-state index contributed by atoms with van der Waals surface area (Å²) in [6.07, 6.45) is -0.323. The molecule has 0 bridgehead atoms. The largest absolute Gasteiger partial charge is 0.416 e.